The zero-order chi connectivity index (χ0) is 17.0. The van der Waals surface area contributed by atoms with Crippen LogP contribution in [0.15, 0.2) is 36.5 Å². The maximum atomic E-state index is 13.7. The number of anilines is 2. The molecule has 23 heavy (non-hydrogen) atoms. The van der Waals surface area contributed by atoms with Crippen molar-refractivity contribution in [3.05, 3.63) is 42.3 Å². The van der Waals surface area contributed by atoms with Crippen LogP contribution in [0.2, 0.25) is 0 Å². The number of halogens is 1. The summed E-state index contributed by atoms with van der Waals surface area (Å²) in [5.41, 5.74) is 5.17. The fourth-order valence-corrected chi connectivity index (χ4v) is 1.68. The van der Waals surface area contributed by atoms with Crippen molar-refractivity contribution >= 4 is 17.6 Å². The fourth-order valence-electron chi connectivity index (χ4n) is 1.68. The van der Waals surface area contributed by atoms with Crippen LogP contribution >= 0.6 is 0 Å². The van der Waals surface area contributed by atoms with E-state index < -0.39 is 17.5 Å². The minimum atomic E-state index is -0.638. The molecule has 1 heterocycles. The molecule has 1 aromatic heterocycles. The van der Waals surface area contributed by atoms with Gasteiger partial charge in [-0.25, -0.2) is 14.2 Å². The van der Waals surface area contributed by atoms with E-state index in [9.17, 15) is 9.18 Å². The molecule has 0 radical (unpaired) electrons. The van der Waals surface area contributed by atoms with E-state index in [1.807, 2.05) is 0 Å². The number of nitrogens with two attached hydrogens (primary N) is 1. The summed E-state index contributed by atoms with van der Waals surface area (Å²) in [4.78, 5) is 15.7. The molecule has 0 atom stereocenters. The number of hydrogen-bond donors (Lipinski definition) is 2. The van der Waals surface area contributed by atoms with E-state index in [1.165, 1.54) is 30.5 Å². The zero-order valence-corrected chi connectivity index (χ0v) is 13.1. The van der Waals surface area contributed by atoms with Gasteiger partial charge in [0.1, 0.15) is 17.2 Å². The molecule has 0 aliphatic rings. The lowest BCUT2D eigenvalue weighted by atomic mass is 10.2. The van der Waals surface area contributed by atoms with E-state index in [1.54, 1.807) is 20.8 Å². The van der Waals surface area contributed by atoms with Crippen LogP contribution in [0.5, 0.6) is 11.5 Å². The maximum absolute atomic E-state index is 13.7. The van der Waals surface area contributed by atoms with Gasteiger partial charge in [0.2, 0.25) is 0 Å². The predicted molar refractivity (Wildman–Crippen MR) is 85.0 cm³/mol. The Kier molecular flexibility index (Phi) is 4.68. The molecule has 0 bridgehead atoms. The standard InChI is InChI=1S/C16H18FN3O3/c1-16(2,3)23-15(21)20-14-9-11(6-7-19-14)22-13-5-4-10(18)8-12(13)17/h4-9H,18H2,1-3H3,(H,19,20,21). The van der Waals surface area contributed by atoms with E-state index in [4.69, 9.17) is 15.2 Å². The second kappa shape index (κ2) is 6.51. The van der Waals surface area contributed by atoms with E-state index in [0.717, 1.165) is 6.07 Å². The summed E-state index contributed by atoms with van der Waals surface area (Å²) in [5, 5.41) is 2.48. The third-order valence-electron chi connectivity index (χ3n) is 2.54. The largest absolute Gasteiger partial charge is 0.454 e. The van der Waals surface area contributed by atoms with Gasteiger partial charge in [-0.05, 0) is 39.0 Å². The Labute approximate surface area is 133 Å². The Balaban J connectivity index is 2.09. The van der Waals surface area contributed by atoms with E-state index in [-0.39, 0.29) is 11.6 Å². The Bertz CT molecular complexity index is 714. The number of carbonyl (C=O) groups excluding carboxylic acids is 1. The summed E-state index contributed by atoms with van der Waals surface area (Å²) in [5.74, 6) is -0.0144. The average Bonchev–Trinajstić information content (AvgIpc) is 2.40. The molecular weight excluding hydrogens is 301 g/mol. The number of amides is 1. The predicted octanol–water partition coefficient (Wildman–Crippen LogP) is 3.94. The van der Waals surface area contributed by atoms with Crippen LogP contribution in [0.25, 0.3) is 0 Å². The van der Waals surface area contributed by atoms with Gasteiger partial charge >= 0.3 is 6.09 Å². The van der Waals surface area contributed by atoms with Crippen LogP contribution in [-0.2, 0) is 4.74 Å². The van der Waals surface area contributed by atoms with Gasteiger partial charge in [0.15, 0.2) is 11.6 Å². The smallest absolute Gasteiger partial charge is 0.413 e. The molecule has 2 rings (SSSR count). The molecule has 0 saturated carbocycles. The molecule has 0 saturated heterocycles. The van der Waals surface area contributed by atoms with Crippen LogP contribution < -0.4 is 15.8 Å². The monoisotopic (exact) mass is 319 g/mol. The van der Waals surface area contributed by atoms with E-state index in [0.29, 0.717) is 11.4 Å². The van der Waals surface area contributed by atoms with Gasteiger partial charge in [-0.15, -0.1) is 0 Å². The first-order chi connectivity index (χ1) is 10.7. The molecular formula is C16H18FN3O3. The molecule has 0 aliphatic heterocycles. The van der Waals surface area contributed by atoms with E-state index in [2.05, 4.69) is 10.3 Å². The maximum Gasteiger partial charge on any atom is 0.413 e. The van der Waals surface area contributed by atoms with Crippen molar-refractivity contribution in [2.45, 2.75) is 26.4 Å². The fraction of sp³-hybridized carbons (Fsp3) is 0.250. The quantitative estimate of drug-likeness (QED) is 0.837. The lowest BCUT2D eigenvalue weighted by Gasteiger charge is -2.19. The lowest BCUT2D eigenvalue weighted by molar-refractivity contribution is 0.0635. The number of pyridine rings is 1. The molecule has 3 N–H and O–H groups in total. The van der Waals surface area contributed by atoms with Crippen molar-refractivity contribution in [3.8, 4) is 11.5 Å². The van der Waals surface area contributed by atoms with Crippen LogP contribution in [0.4, 0.5) is 20.7 Å². The highest BCUT2D eigenvalue weighted by Gasteiger charge is 2.16. The van der Waals surface area contributed by atoms with Crippen molar-refractivity contribution < 1.29 is 18.7 Å². The first-order valence-electron chi connectivity index (χ1n) is 6.92. The summed E-state index contributed by atoms with van der Waals surface area (Å²) in [6.07, 6.45) is 0.790. The highest BCUT2D eigenvalue weighted by atomic mass is 19.1. The van der Waals surface area contributed by atoms with Crippen LogP contribution in [0, 0.1) is 5.82 Å². The summed E-state index contributed by atoms with van der Waals surface area (Å²) >= 11 is 0. The Hall–Kier alpha value is -2.83. The molecule has 6 nitrogen and oxygen atoms in total. The van der Waals surface area contributed by atoms with Gasteiger partial charge in [-0.3, -0.25) is 5.32 Å². The second-order valence-corrected chi connectivity index (χ2v) is 5.80. The van der Waals surface area contributed by atoms with Gasteiger partial charge in [0.05, 0.1) is 0 Å². The zero-order valence-electron chi connectivity index (χ0n) is 13.1. The second-order valence-electron chi connectivity index (χ2n) is 5.80. The number of benzene rings is 1. The number of hydrogen-bond acceptors (Lipinski definition) is 5. The number of nitrogens with zero attached hydrogens (tertiary/aromatic N) is 1. The molecule has 1 amide bonds. The SMILES string of the molecule is CC(C)(C)OC(=O)Nc1cc(Oc2ccc(N)cc2F)ccn1. The molecule has 122 valence electrons. The van der Waals surface area contributed by atoms with Gasteiger partial charge in [-0.1, -0.05) is 0 Å². The third kappa shape index (κ3) is 5.14. The number of nitrogens with one attached hydrogen (secondary N) is 1. The third-order valence-corrected chi connectivity index (χ3v) is 2.54. The molecule has 0 fully saturated rings. The number of nitrogen functional groups attached to an aromatic ring is 1. The number of ether oxygens (including phenoxy) is 2. The van der Waals surface area contributed by atoms with Crippen molar-refractivity contribution in [1.29, 1.82) is 0 Å². The van der Waals surface area contributed by atoms with Crippen LogP contribution in [0.1, 0.15) is 20.8 Å². The Morgan fingerprint density at radius 2 is 2.00 bits per heavy atom. The van der Waals surface area contributed by atoms with Crippen molar-refractivity contribution in [2.24, 2.45) is 0 Å². The number of carbonyl (C=O) groups is 1. The first-order valence-corrected chi connectivity index (χ1v) is 6.92. The highest BCUT2D eigenvalue weighted by Crippen LogP contribution is 2.26. The van der Waals surface area contributed by atoms with Gasteiger partial charge in [-0.2, -0.15) is 0 Å². The van der Waals surface area contributed by atoms with E-state index >= 15 is 0 Å². The minimum Gasteiger partial charge on any atom is -0.454 e. The molecule has 0 spiro atoms. The van der Waals surface area contributed by atoms with Crippen molar-refractivity contribution in [3.63, 3.8) is 0 Å². The summed E-state index contributed by atoms with van der Waals surface area (Å²) in [6.45, 7) is 5.26. The molecule has 0 unspecified atom stereocenters. The lowest BCUT2D eigenvalue weighted by Crippen LogP contribution is -2.27. The van der Waals surface area contributed by atoms with Crippen molar-refractivity contribution in [2.75, 3.05) is 11.1 Å². The molecule has 1 aromatic carbocycles. The minimum absolute atomic E-state index is 0.0219. The van der Waals surface area contributed by atoms with Crippen LogP contribution in [-0.4, -0.2) is 16.7 Å². The van der Waals surface area contributed by atoms with Gasteiger partial charge in [0, 0.05) is 24.0 Å². The molecule has 2 aromatic rings. The first kappa shape index (κ1) is 16.5. The summed E-state index contributed by atoms with van der Waals surface area (Å²) < 4.78 is 24.3. The van der Waals surface area contributed by atoms with Crippen LogP contribution in [0.3, 0.4) is 0 Å². The summed E-state index contributed by atoms with van der Waals surface area (Å²) in [6, 6.07) is 7.11. The number of rotatable bonds is 3. The van der Waals surface area contributed by atoms with Gasteiger partial charge < -0.3 is 15.2 Å². The summed E-state index contributed by atoms with van der Waals surface area (Å²) in [7, 11) is 0. The molecule has 0 aliphatic carbocycles. The topological polar surface area (TPSA) is 86.5 Å². The highest BCUT2D eigenvalue weighted by molar-refractivity contribution is 5.83. The van der Waals surface area contributed by atoms with Gasteiger partial charge in [0.25, 0.3) is 0 Å². The number of aromatic nitrogens is 1. The average molecular weight is 319 g/mol. The normalized spacial score (nSPS) is 11.0. The van der Waals surface area contributed by atoms with Crippen molar-refractivity contribution in [1.82, 2.24) is 4.98 Å². The Morgan fingerprint density at radius 1 is 1.26 bits per heavy atom. The Morgan fingerprint density at radius 3 is 2.65 bits per heavy atom. The molecule has 7 heteroatoms.